The molecule has 0 aliphatic heterocycles. The Morgan fingerprint density at radius 3 is 2.03 bits per heavy atom. The number of alkyl halides is 1. The van der Waals surface area contributed by atoms with Gasteiger partial charge in [0.1, 0.15) is 18.5 Å². The highest BCUT2D eigenvalue weighted by molar-refractivity contribution is 5.55. The molecule has 4 heteroatoms. The number of unbranched alkanes of at least 4 members (excludes halogenated alkanes) is 8. The summed E-state index contributed by atoms with van der Waals surface area (Å²) in [5.74, 6) is 1.80. The van der Waals surface area contributed by atoms with E-state index < -0.39 is 6.17 Å². The molecule has 0 aliphatic carbocycles. The van der Waals surface area contributed by atoms with Gasteiger partial charge in [0.05, 0.1) is 0 Å². The molecule has 1 heterocycles. The predicted molar refractivity (Wildman–Crippen MR) is 137 cm³/mol. The van der Waals surface area contributed by atoms with Gasteiger partial charge in [-0.1, -0.05) is 85.0 Å². The van der Waals surface area contributed by atoms with Crippen LogP contribution in [0.3, 0.4) is 0 Å². The van der Waals surface area contributed by atoms with Crippen LogP contribution in [0.15, 0.2) is 36.7 Å². The molecule has 2 rings (SSSR count). The zero-order valence-corrected chi connectivity index (χ0v) is 21.2. The fourth-order valence-corrected chi connectivity index (χ4v) is 4.27. The second-order valence-corrected chi connectivity index (χ2v) is 9.56. The second-order valence-electron chi connectivity index (χ2n) is 9.56. The maximum atomic E-state index is 14.1. The van der Waals surface area contributed by atoms with Gasteiger partial charge in [0, 0.05) is 18.0 Å². The van der Waals surface area contributed by atoms with E-state index in [9.17, 15) is 4.39 Å². The number of nitrogens with zero attached hydrogens (tertiary/aromatic N) is 2. The summed E-state index contributed by atoms with van der Waals surface area (Å²) in [6.45, 7) is 6.61. The fraction of sp³-hybridized carbons (Fsp3) is 0.655. The lowest BCUT2D eigenvalue weighted by atomic mass is 10.00. The highest BCUT2D eigenvalue weighted by Gasteiger charge is 2.12. The van der Waals surface area contributed by atoms with E-state index in [0.717, 1.165) is 24.8 Å². The van der Waals surface area contributed by atoms with Gasteiger partial charge in [-0.3, -0.25) is 0 Å². The molecule has 33 heavy (non-hydrogen) atoms. The Kier molecular flexibility index (Phi) is 13.7. The van der Waals surface area contributed by atoms with Crippen molar-refractivity contribution in [3.63, 3.8) is 0 Å². The van der Waals surface area contributed by atoms with Crippen LogP contribution in [-0.4, -0.2) is 22.7 Å². The molecule has 0 aliphatic rings. The van der Waals surface area contributed by atoms with Crippen LogP contribution in [0.25, 0.3) is 11.4 Å². The first-order valence-electron chi connectivity index (χ1n) is 13.3. The summed E-state index contributed by atoms with van der Waals surface area (Å²) in [5.41, 5.74) is 2.15. The number of hydrogen-bond acceptors (Lipinski definition) is 3. The molecule has 0 spiro atoms. The van der Waals surface area contributed by atoms with Gasteiger partial charge in [0.15, 0.2) is 5.82 Å². The SMILES string of the molecule is CCCCCCCCCCCc1cnc(-c2ccc(OCC(F)CC(C)CCC)cc2)nc1. The number of halogens is 1. The Balaban J connectivity index is 1.67. The van der Waals surface area contributed by atoms with E-state index in [2.05, 4.69) is 30.7 Å². The minimum absolute atomic E-state index is 0.109. The smallest absolute Gasteiger partial charge is 0.159 e. The molecule has 0 fully saturated rings. The molecule has 0 saturated heterocycles. The van der Waals surface area contributed by atoms with E-state index in [4.69, 9.17) is 4.74 Å². The van der Waals surface area contributed by atoms with Crippen LogP contribution in [0.2, 0.25) is 0 Å². The quantitative estimate of drug-likeness (QED) is 0.210. The highest BCUT2D eigenvalue weighted by Crippen LogP contribution is 2.21. The average molecular weight is 457 g/mol. The average Bonchev–Trinajstić information content (AvgIpc) is 2.82. The van der Waals surface area contributed by atoms with Crippen molar-refractivity contribution in [2.24, 2.45) is 5.92 Å². The van der Waals surface area contributed by atoms with Gasteiger partial charge in [-0.05, 0) is 55.0 Å². The first-order valence-corrected chi connectivity index (χ1v) is 13.3. The van der Waals surface area contributed by atoms with Crippen LogP contribution >= 0.6 is 0 Å². The minimum atomic E-state index is -0.923. The second kappa shape index (κ2) is 16.6. The number of aryl methyl sites for hydroxylation is 1. The third kappa shape index (κ3) is 11.6. The number of rotatable bonds is 18. The van der Waals surface area contributed by atoms with Gasteiger partial charge in [-0.25, -0.2) is 14.4 Å². The number of ether oxygens (including phenoxy) is 1. The largest absolute Gasteiger partial charge is 0.491 e. The minimum Gasteiger partial charge on any atom is -0.491 e. The first-order chi connectivity index (χ1) is 16.1. The van der Waals surface area contributed by atoms with Gasteiger partial charge in [-0.2, -0.15) is 0 Å². The molecule has 1 aromatic carbocycles. The molecular formula is C29H45FN2O. The molecule has 0 N–H and O–H groups in total. The molecule has 0 bridgehead atoms. The lowest BCUT2D eigenvalue weighted by Gasteiger charge is -2.15. The molecule has 2 unspecified atom stereocenters. The predicted octanol–water partition coefficient (Wildman–Crippen LogP) is 8.76. The first kappa shape index (κ1) is 27.3. The van der Waals surface area contributed by atoms with Gasteiger partial charge in [-0.15, -0.1) is 0 Å². The molecule has 3 nitrogen and oxygen atoms in total. The topological polar surface area (TPSA) is 35.0 Å². The summed E-state index contributed by atoms with van der Waals surface area (Å²) in [4.78, 5) is 9.10. The Morgan fingerprint density at radius 2 is 1.42 bits per heavy atom. The molecule has 2 aromatic rings. The number of aromatic nitrogens is 2. The maximum absolute atomic E-state index is 14.1. The van der Waals surface area contributed by atoms with E-state index >= 15 is 0 Å². The summed E-state index contributed by atoms with van der Waals surface area (Å²) >= 11 is 0. The third-order valence-electron chi connectivity index (χ3n) is 6.26. The van der Waals surface area contributed by atoms with Crippen molar-refractivity contribution < 1.29 is 9.13 Å². The number of hydrogen-bond donors (Lipinski definition) is 0. The fourth-order valence-electron chi connectivity index (χ4n) is 4.27. The van der Waals surface area contributed by atoms with E-state index in [0.29, 0.717) is 23.9 Å². The molecule has 2 atom stereocenters. The molecule has 1 aromatic heterocycles. The standard InChI is InChI=1S/C29H45FN2O/c1-4-6-7-8-9-10-11-12-13-15-25-21-31-29(32-22-25)26-16-18-28(19-17-26)33-23-27(30)20-24(3)14-5-2/h16-19,21-22,24,27H,4-15,20,23H2,1-3H3. The summed E-state index contributed by atoms with van der Waals surface area (Å²) in [6.07, 6.45) is 18.8. The van der Waals surface area contributed by atoms with Crippen molar-refractivity contribution in [1.29, 1.82) is 0 Å². The van der Waals surface area contributed by atoms with E-state index in [1.807, 2.05) is 36.7 Å². The third-order valence-corrected chi connectivity index (χ3v) is 6.26. The highest BCUT2D eigenvalue weighted by atomic mass is 19.1. The summed E-state index contributed by atoms with van der Waals surface area (Å²) in [5, 5.41) is 0. The zero-order chi connectivity index (χ0) is 23.7. The van der Waals surface area contributed by atoms with Crippen molar-refractivity contribution in [1.82, 2.24) is 9.97 Å². The monoisotopic (exact) mass is 456 g/mol. The Hall–Kier alpha value is -1.97. The van der Waals surface area contributed by atoms with Crippen LogP contribution in [-0.2, 0) is 6.42 Å². The summed E-state index contributed by atoms with van der Waals surface area (Å²) in [6, 6.07) is 7.63. The van der Waals surface area contributed by atoms with Crippen molar-refractivity contribution in [3.05, 3.63) is 42.2 Å². The molecule has 184 valence electrons. The Morgan fingerprint density at radius 1 is 0.818 bits per heavy atom. The van der Waals surface area contributed by atoms with Gasteiger partial charge in [0.2, 0.25) is 0 Å². The maximum Gasteiger partial charge on any atom is 0.159 e. The molecule has 0 saturated carbocycles. The van der Waals surface area contributed by atoms with Crippen LogP contribution in [0, 0.1) is 5.92 Å². The van der Waals surface area contributed by atoms with Crippen molar-refractivity contribution >= 4 is 0 Å². The van der Waals surface area contributed by atoms with Crippen molar-refractivity contribution in [2.45, 2.75) is 110 Å². The van der Waals surface area contributed by atoms with Crippen LogP contribution in [0.1, 0.15) is 103 Å². The Bertz CT molecular complexity index is 732. The van der Waals surface area contributed by atoms with E-state index in [1.54, 1.807) is 0 Å². The molecule has 0 amide bonds. The summed E-state index contributed by atoms with van der Waals surface area (Å²) in [7, 11) is 0. The molecule has 0 radical (unpaired) electrons. The van der Waals surface area contributed by atoms with E-state index in [-0.39, 0.29) is 6.61 Å². The van der Waals surface area contributed by atoms with Crippen molar-refractivity contribution in [3.8, 4) is 17.1 Å². The normalized spacial score (nSPS) is 13.1. The Labute approximate surface area is 201 Å². The van der Waals surface area contributed by atoms with Crippen molar-refractivity contribution in [2.75, 3.05) is 6.61 Å². The zero-order valence-electron chi connectivity index (χ0n) is 21.2. The lowest BCUT2D eigenvalue weighted by Crippen LogP contribution is -2.16. The lowest BCUT2D eigenvalue weighted by molar-refractivity contribution is 0.169. The van der Waals surface area contributed by atoms with Gasteiger partial charge in [0.25, 0.3) is 0 Å². The van der Waals surface area contributed by atoms with Gasteiger partial charge < -0.3 is 4.74 Å². The number of benzene rings is 1. The molecular weight excluding hydrogens is 411 g/mol. The van der Waals surface area contributed by atoms with E-state index in [1.165, 1.54) is 63.4 Å². The van der Waals surface area contributed by atoms with Crippen LogP contribution in [0.5, 0.6) is 5.75 Å². The van der Waals surface area contributed by atoms with Crippen LogP contribution in [0.4, 0.5) is 4.39 Å². The van der Waals surface area contributed by atoms with Crippen LogP contribution < -0.4 is 4.74 Å². The summed E-state index contributed by atoms with van der Waals surface area (Å²) < 4.78 is 19.7. The van der Waals surface area contributed by atoms with Gasteiger partial charge >= 0.3 is 0 Å².